The highest BCUT2D eigenvalue weighted by atomic mass is 32.2. The Morgan fingerprint density at radius 2 is 1.94 bits per heavy atom. The molecule has 7 nitrogen and oxygen atoms in total. The molecule has 2 aromatic carbocycles. The molecule has 3 rings (SSSR count). The molecule has 0 aliphatic carbocycles. The predicted molar refractivity (Wildman–Crippen MR) is 135 cm³/mol. The molecule has 190 valence electrons. The van der Waals surface area contributed by atoms with Gasteiger partial charge in [0.1, 0.15) is 5.69 Å². The van der Waals surface area contributed by atoms with Crippen molar-refractivity contribution in [3.63, 3.8) is 0 Å². The number of nitrogens with zero attached hydrogens (tertiary/aromatic N) is 2. The number of anilines is 1. The number of methoxy groups -OCH3 is 1. The first kappa shape index (κ1) is 28.4. The van der Waals surface area contributed by atoms with Crippen LogP contribution in [0.3, 0.4) is 0 Å². The first-order valence-corrected chi connectivity index (χ1v) is 12.8. The quantitative estimate of drug-likeness (QED) is 0.345. The highest BCUT2D eigenvalue weighted by Gasteiger charge is 2.18. The number of hydrogen-bond acceptors (Lipinski definition) is 6. The van der Waals surface area contributed by atoms with Crippen LogP contribution in [-0.4, -0.2) is 31.4 Å². The minimum absolute atomic E-state index is 0.00587. The smallest absolute Gasteiger partial charge is 0.305 e. The molecule has 0 radical (unpaired) electrons. The highest BCUT2D eigenvalue weighted by Crippen LogP contribution is 2.31. The Morgan fingerprint density at radius 1 is 1.19 bits per heavy atom. The molecule has 0 unspecified atom stereocenters. The first-order chi connectivity index (χ1) is 17.1. The highest BCUT2D eigenvalue weighted by molar-refractivity contribution is 7.93. The Kier molecular flexibility index (Phi) is 10.5. The van der Waals surface area contributed by atoms with Gasteiger partial charge >= 0.3 is 6.20 Å². The number of ether oxygens (including phenoxy) is 1. The molecule has 2 N–H and O–H groups in total. The summed E-state index contributed by atoms with van der Waals surface area (Å²) in [4.78, 5) is 6.98. The SMILES string of the molecule is C#[N+]/C=C\C=C/CS(=O)(=O)Nc1nc(-c2ccc(F)c(F)c2)c(F)s1.CCc1cccc(OC)c1O. The Labute approximate surface area is 211 Å². The van der Waals surface area contributed by atoms with Gasteiger partial charge in [-0.25, -0.2) is 22.2 Å². The van der Waals surface area contributed by atoms with Crippen molar-refractivity contribution in [2.75, 3.05) is 17.6 Å². The second kappa shape index (κ2) is 13.3. The van der Waals surface area contributed by atoms with Crippen molar-refractivity contribution < 1.29 is 31.4 Å². The van der Waals surface area contributed by atoms with Crippen molar-refractivity contribution in [1.82, 2.24) is 4.98 Å². The lowest BCUT2D eigenvalue weighted by atomic mass is 10.1. The molecule has 3 aromatic rings. The summed E-state index contributed by atoms with van der Waals surface area (Å²) in [5.41, 5.74) is 0.641. The fourth-order valence-electron chi connectivity index (χ4n) is 2.72. The van der Waals surface area contributed by atoms with E-state index >= 15 is 0 Å². The van der Waals surface area contributed by atoms with Crippen LogP contribution >= 0.6 is 11.3 Å². The van der Waals surface area contributed by atoms with E-state index in [1.54, 1.807) is 13.2 Å². The zero-order valence-electron chi connectivity index (χ0n) is 19.3. The van der Waals surface area contributed by atoms with Crippen molar-refractivity contribution in [3.8, 4) is 29.3 Å². The van der Waals surface area contributed by atoms with Crippen molar-refractivity contribution in [3.05, 3.63) is 88.0 Å². The van der Waals surface area contributed by atoms with Gasteiger partial charge in [-0.05, 0) is 41.1 Å². The number of aryl methyl sites for hydroxylation is 1. The predicted octanol–water partition coefficient (Wildman–Crippen LogP) is 5.96. The van der Waals surface area contributed by atoms with Crippen LogP contribution in [0.5, 0.6) is 11.5 Å². The van der Waals surface area contributed by atoms with E-state index in [4.69, 9.17) is 11.3 Å². The summed E-state index contributed by atoms with van der Waals surface area (Å²) in [6.07, 6.45) is 6.26. The Balaban J connectivity index is 0.000000346. The zero-order valence-corrected chi connectivity index (χ0v) is 20.9. The van der Waals surface area contributed by atoms with E-state index in [-0.39, 0.29) is 27.9 Å². The van der Waals surface area contributed by atoms with Gasteiger partial charge in [0.25, 0.3) is 6.57 Å². The van der Waals surface area contributed by atoms with Gasteiger partial charge in [0.05, 0.1) is 12.9 Å². The number of halogens is 3. The Hall–Kier alpha value is -3.82. The number of phenolic OH excluding ortho intramolecular Hbond substituents is 1. The summed E-state index contributed by atoms with van der Waals surface area (Å²) in [7, 11) is -2.26. The molecule has 0 fully saturated rings. The molecule has 0 bridgehead atoms. The summed E-state index contributed by atoms with van der Waals surface area (Å²) < 4.78 is 71.0. The fraction of sp³-hybridized carbons (Fsp3) is 0.167. The van der Waals surface area contributed by atoms with Crippen LogP contribution in [0.15, 0.2) is 60.8 Å². The molecule has 1 heterocycles. The number of aromatic nitrogens is 1. The fourth-order valence-corrected chi connectivity index (χ4v) is 4.59. The monoisotopic (exact) mass is 538 g/mol. The number of sulfonamides is 1. The molecule has 0 saturated heterocycles. The maximum Gasteiger partial charge on any atom is 0.305 e. The third-order valence-corrected chi connectivity index (χ3v) is 6.46. The molecule has 12 heteroatoms. The summed E-state index contributed by atoms with van der Waals surface area (Å²) in [6, 6.07) is 8.26. The molecule has 0 spiro atoms. The van der Waals surface area contributed by atoms with E-state index in [0.29, 0.717) is 17.1 Å². The van der Waals surface area contributed by atoms with Gasteiger partial charge in [0.15, 0.2) is 28.3 Å². The first-order valence-electron chi connectivity index (χ1n) is 10.3. The van der Waals surface area contributed by atoms with Crippen molar-refractivity contribution in [2.24, 2.45) is 0 Å². The average molecular weight is 539 g/mol. The van der Waals surface area contributed by atoms with Crippen molar-refractivity contribution >= 4 is 26.5 Å². The van der Waals surface area contributed by atoms with Gasteiger partial charge in [-0.15, -0.1) is 0 Å². The van der Waals surface area contributed by atoms with Crippen LogP contribution in [0.4, 0.5) is 18.3 Å². The number of allylic oxidation sites excluding steroid dienone is 2. The maximum absolute atomic E-state index is 14.0. The van der Waals surface area contributed by atoms with E-state index in [0.717, 1.165) is 30.2 Å². The molecule has 1 aromatic heterocycles. The molecule has 0 amide bonds. The normalized spacial score (nSPS) is 11.2. The molecule has 0 saturated carbocycles. The molecule has 36 heavy (non-hydrogen) atoms. The van der Waals surface area contributed by atoms with Gasteiger partial charge in [-0.2, -0.15) is 4.39 Å². The number of phenols is 1. The van der Waals surface area contributed by atoms with Crippen LogP contribution in [-0.2, 0) is 16.4 Å². The van der Waals surface area contributed by atoms with Gasteiger partial charge in [0, 0.05) is 11.6 Å². The second-order valence-electron chi connectivity index (χ2n) is 6.89. The van der Waals surface area contributed by atoms with E-state index in [9.17, 15) is 26.7 Å². The van der Waals surface area contributed by atoms with Crippen LogP contribution in [0.25, 0.3) is 16.1 Å². The van der Waals surface area contributed by atoms with Gasteiger partial charge in [-0.1, -0.05) is 42.5 Å². The maximum atomic E-state index is 14.0. The van der Waals surface area contributed by atoms with E-state index < -0.39 is 26.8 Å². The van der Waals surface area contributed by atoms with Crippen LogP contribution in [0.2, 0.25) is 0 Å². The second-order valence-corrected chi connectivity index (χ2v) is 9.61. The largest absolute Gasteiger partial charge is 0.504 e. The summed E-state index contributed by atoms with van der Waals surface area (Å²) >= 11 is 0.440. The standard InChI is InChI=1S/C15H11F3N3O2S2.C9H12O2/c1-19-7-3-2-4-8-25(22,23)21-15-20-13(14(18)24-15)10-5-6-11(16)12(17)9-10;1-3-7-5-4-6-8(11-2)9(7)10/h1-7,9H,8H2,(H,20,21);4-6,10H,3H2,1-2H3/q+1;/b4-2-,7-3-;. The van der Waals surface area contributed by atoms with Crippen molar-refractivity contribution in [1.29, 1.82) is 0 Å². The molecule has 0 aliphatic rings. The van der Waals surface area contributed by atoms with Gasteiger partial charge < -0.3 is 9.84 Å². The molecular weight excluding hydrogens is 515 g/mol. The van der Waals surface area contributed by atoms with E-state index in [1.165, 1.54) is 24.4 Å². The Bertz CT molecular complexity index is 1380. The lowest BCUT2D eigenvalue weighted by Crippen LogP contribution is -2.15. The number of benzene rings is 2. The number of hydrogen-bond donors (Lipinski definition) is 2. The average Bonchev–Trinajstić information content (AvgIpc) is 3.20. The lowest BCUT2D eigenvalue weighted by Gasteiger charge is -2.05. The number of thiazole rings is 1. The molecule has 0 atom stereocenters. The topological polar surface area (TPSA) is 92.9 Å². The van der Waals surface area contributed by atoms with Gasteiger partial charge in [-0.3, -0.25) is 4.72 Å². The summed E-state index contributed by atoms with van der Waals surface area (Å²) in [5, 5.41) is 8.41. The van der Waals surface area contributed by atoms with Crippen LogP contribution in [0.1, 0.15) is 12.5 Å². The minimum atomic E-state index is -3.81. The number of nitrogens with one attached hydrogen (secondary N) is 1. The van der Waals surface area contributed by atoms with Crippen molar-refractivity contribution in [2.45, 2.75) is 13.3 Å². The minimum Gasteiger partial charge on any atom is -0.504 e. The molecular formula is C24H23F3N3O4S2+. The van der Waals surface area contributed by atoms with Gasteiger partial charge in [0.2, 0.25) is 15.2 Å². The van der Waals surface area contributed by atoms with E-state index in [1.807, 2.05) is 19.1 Å². The third-order valence-electron chi connectivity index (χ3n) is 4.44. The lowest BCUT2D eigenvalue weighted by molar-refractivity contribution is 0.371. The third kappa shape index (κ3) is 8.14. The van der Waals surface area contributed by atoms with E-state index in [2.05, 4.69) is 14.6 Å². The zero-order chi connectivity index (χ0) is 26.7. The summed E-state index contributed by atoms with van der Waals surface area (Å²) in [5.74, 6) is -1.82. The number of rotatable bonds is 8. The summed E-state index contributed by atoms with van der Waals surface area (Å²) in [6.45, 7) is 6.86. The molecule has 0 aliphatic heterocycles. The van der Waals surface area contributed by atoms with Crippen LogP contribution < -0.4 is 9.46 Å². The Morgan fingerprint density at radius 3 is 2.58 bits per heavy atom. The number of para-hydroxylation sites is 1. The van der Waals surface area contributed by atoms with Crippen LogP contribution in [0, 0.1) is 23.3 Å². The number of aromatic hydroxyl groups is 1.